The third-order valence-electron chi connectivity index (χ3n) is 4.76. The molecule has 0 aliphatic carbocycles. The Balaban J connectivity index is 1.83. The van der Waals surface area contributed by atoms with E-state index in [-0.39, 0.29) is 28.4 Å². The second-order valence-corrected chi connectivity index (χ2v) is 7.25. The molecule has 1 amide bonds. The molecule has 5 nitrogen and oxygen atoms in total. The predicted molar refractivity (Wildman–Crippen MR) is 108 cm³/mol. The number of benzene rings is 2. The topological polar surface area (TPSA) is 54.3 Å². The third-order valence-corrected chi connectivity index (χ3v) is 5.07. The van der Waals surface area contributed by atoms with Crippen molar-refractivity contribution in [3.05, 3.63) is 47.5 Å². The Kier molecular flexibility index (Phi) is 6.97. The monoisotopic (exact) mass is 439 g/mol. The van der Waals surface area contributed by atoms with Gasteiger partial charge in [-0.05, 0) is 37.5 Å². The minimum absolute atomic E-state index is 0.0355. The van der Waals surface area contributed by atoms with E-state index in [2.05, 4.69) is 15.0 Å². The molecule has 1 saturated heterocycles. The summed E-state index contributed by atoms with van der Waals surface area (Å²) in [6.45, 7) is 2.47. The maximum absolute atomic E-state index is 12.7. The van der Waals surface area contributed by atoms with Crippen LogP contribution in [0, 0.1) is 0 Å². The van der Waals surface area contributed by atoms with E-state index in [1.54, 1.807) is 23.1 Å². The van der Waals surface area contributed by atoms with E-state index in [9.17, 15) is 18.0 Å². The number of carbonyl (C=O) groups is 1. The number of para-hydroxylation sites is 1. The van der Waals surface area contributed by atoms with Gasteiger partial charge in [0, 0.05) is 24.1 Å². The zero-order chi connectivity index (χ0) is 21.7. The van der Waals surface area contributed by atoms with Crippen LogP contribution < -0.4 is 4.74 Å². The van der Waals surface area contributed by atoms with E-state index >= 15 is 0 Å². The van der Waals surface area contributed by atoms with Gasteiger partial charge < -0.3 is 9.64 Å². The number of ether oxygens (including phenoxy) is 1. The van der Waals surface area contributed by atoms with Crippen molar-refractivity contribution in [1.82, 2.24) is 4.90 Å². The Labute approximate surface area is 177 Å². The molecule has 0 N–H and O–H groups in total. The normalized spacial score (nSPS) is 17.4. The van der Waals surface area contributed by atoms with Crippen LogP contribution in [0.1, 0.15) is 32.6 Å². The molecular formula is C21H21ClF3N3O2. The summed E-state index contributed by atoms with van der Waals surface area (Å²) in [6.07, 6.45) is -2.07. The van der Waals surface area contributed by atoms with Crippen LogP contribution in [0.3, 0.4) is 0 Å². The lowest BCUT2D eigenvalue weighted by atomic mass is 10.0. The van der Waals surface area contributed by atoms with Crippen LogP contribution in [0.25, 0.3) is 11.1 Å². The fraction of sp³-hybridized carbons (Fsp3) is 0.381. The van der Waals surface area contributed by atoms with Crippen molar-refractivity contribution in [1.29, 1.82) is 0 Å². The average Bonchev–Trinajstić information content (AvgIpc) is 2.71. The first-order chi connectivity index (χ1) is 14.3. The molecule has 30 heavy (non-hydrogen) atoms. The maximum atomic E-state index is 12.7. The molecule has 0 bridgehead atoms. The number of azo groups is 1. The standard InChI is InChI=1S/C21H21ClF3N3O2/c1-2-20(29)28-12-6-5-9-19(28)27-26-14-10-11-15(17(22)13-14)16-7-3-4-8-18(16)30-21(23,24)25/h3-4,7-8,10-11,13,19H,2,5-6,9,12H2,1H3/b27-26+. The summed E-state index contributed by atoms with van der Waals surface area (Å²) in [6, 6.07) is 10.5. The molecule has 3 rings (SSSR count). The van der Waals surface area contributed by atoms with Gasteiger partial charge in [0.15, 0.2) is 0 Å². The highest BCUT2D eigenvalue weighted by Crippen LogP contribution is 2.38. The molecule has 0 spiro atoms. The summed E-state index contributed by atoms with van der Waals surface area (Å²) < 4.78 is 42.2. The molecule has 1 aliphatic rings. The molecular weight excluding hydrogens is 419 g/mol. The molecule has 9 heteroatoms. The number of likely N-dealkylation sites (tertiary alicyclic amines) is 1. The van der Waals surface area contributed by atoms with Gasteiger partial charge in [0.05, 0.1) is 10.7 Å². The highest BCUT2D eigenvalue weighted by atomic mass is 35.5. The van der Waals surface area contributed by atoms with Gasteiger partial charge in [-0.25, -0.2) is 0 Å². The van der Waals surface area contributed by atoms with Crippen molar-refractivity contribution in [2.45, 2.75) is 45.1 Å². The second kappa shape index (κ2) is 9.47. The number of nitrogens with zero attached hydrogens (tertiary/aromatic N) is 3. The summed E-state index contributed by atoms with van der Waals surface area (Å²) in [5, 5.41) is 8.74. The lowest BCUT2D eigenvalue weighted by molar-refractivity contribution is -0.274. The van der Waals surface area contributed by atoms with Gasteiger partial charge in [-0.3, -0.25) is 4.79 Å². The molecule has 1 aliphatic heterocycles. The summed E-state index contributed by atoms with van der Waals surface area (Å²) in [7, 11) is 0. The molecule has 160 valence electrons. The quantitative estimate of drug-likeness (QED) is 0.484. The first-order valence-corrected chi connectivity index (χ1v) is 10.0. The summed E-state index contributed by atoms with van der Waals surface area (Å²) in [4.78, 5) is 13.8. The molecule has 1 atom stereocenters. The number of amides is 1. The van der Waals surface area contributed by atoms with Gasteiger partial charge in [0.25, 0.3) is 0 Å². The van der Waals surface area contributed by atoms with Gasteiger partial charge in [-0.1, -0.05) is 42.8 Å². The third kappa shape index (κ3) is 5.50. The number of halogens is 4. The van der Waals surface area contributed by atoms with Crippen molar-refractivity contribution in [2.24, 2.45) is 10.2 Å². The Hall–Kier alpha value is -2.61. The van der Waals surface area contributed by atoms with Crippen LogP contribution in [-0.4, -0.2) is 29.9 Å². The summed E-state index contributed by atoms with van der Waals surface area (Å²) in [5.41, 5.74) is 1.05. The molecule has 1 fully saturated rings. The number of hydrogen-bond acceptors (Lipinski definition) is 4. The summed E-state index contributed by atoms with van der Waals surface area (Å²) >= 11 is 6.33. The molecule has 0 aromatic heterocycles. The minimum Gasteiger partial charge on any atom is -0.405 e. The zero-order valence-electron chi connectivity index (χ0n) is 16.3. The van der Waals surface area contributed by atoms with E-state index in [1.165, 1.54) is 24.3 Å². The first-order valence-electron chi connectivity index (χ1n) is 9.63. The van der Waals surface area contributed by atoms with Gasteiger partial charge in [-0.2, -0.15) is 10.2 Å². The van der Waals surface area contributed by atoms with E-state index in [1.807, 2.05) is 6.92 Å². The zero-order valence-corrected chi connectivity index (χ0v) is 17.1. The van der Waals surface area contributed by atoms with E-state index in [4.69, 9.17) is 11.6 Å². The number of piperidine rings is 1. The van der Waals surface area contributed by atoms with Crippen molar-refractivity contribution in [2.75, 3.05) is 6.54 Å². The molecule has 1 heterocycles. The van der Waals surface area contributed by atoms with Crippen molar-refractivity contribution < 1.29 is 22.7 Å². The van der Waals surface area contributed by atoms with Crippen LogP contribution in [0.2, 0.25) is 5.02 Å². The van der Waals surface area contributed by atoms with Crippen LogP contribution >= 0.6 is 11.6 Å². The van der Waals surface area contributed by atoms with Gasteiger partial charge in [0.1, 0.15) is 11.9 Å². The van der Waals surface area contributed by atoms with Crippen molar-refractivity contribution in [3.8, 4) is 16.9 Å². The maximum Gasteiger partial charge on any atom is 0.573 e. The Bertz CT molecular complexity index is 934. The first kappa shape index (κ1) is 22.1. The Morgan fingerprint density at radius 3 is 2.67 bits per heavy atom. The van der Waals surface area contributed by atoms with Crippen LogP contribution in [0.4, 0.5) is 18.9 Å². The van der Waals surface area contributed by atoms with Gasteiger partial charge >= 0.3 is 6.36 Å². The van der Waals surface area contributed by atoms with E-state index in [0.29, 0.717) is 24.2 Å². The number of rotatable bonds is 5. The van der Waals surface area contributed by atoms with Crippen molar-refractivity contribution >= 4 is 23.2 Å². The molecule has 2 aromatic rings. The van der Waals surface area contributed by atoms with Gasteiger partial charge in [0.2, 0.25) is 5.91 Å². The average molecular weight is 440 g/mol. The molecule has 1 unspecified atom stereocenters. The van der Waals surface area contributed by atoms with E-state index in [0.717, 1.165) is 19.3 Å². The predicted octanol–water partition coefficient (Wildman–Crippen LogP) is 6.74. The second-order valence-electron chi connectivity index (χ2n) is 6.84. The fourth-order valence-corrected chi connectivity index (χ4v) is 3.63. The van der Waals surface area contributed by atoms with Crippen LogP contribution in [0.5, 0.6) is 5.75 Å². The fourth-order valence-electron chi connectivity index (χ4n) is 3.35. The highest BCUT2D eigenvalue weighted by Gasteiger charge is 2.32. The number of hydrogen-bond donors (Lipinski definition) is 0. The number of alkyl halides is 3. The van der Waals surface area contributed by atoms with Crippen LogP contribution in [0.15, 0.2) is 52.7 Å². The highest BCUT2D eigenvalue weighted by molar-refractivity contribution is 6.33. The molecule has 0 saturated carbocycles. The lowest BCUT2D eigenvalue weighted by Gasteiger charge is -2.32. The SMILES string of the molecule is CCC(=O)N1CCCCC1/N=N/c1ccc(-c2ccccc2OC(F)(F)F)c(Cl)c1. The largest absolute Gasteiger partial charge is 0.573 e. The van der Waals surface area contributed by atoms with E-state index < -0.39 is 6.36 Å². The summed E-state index contributed by atoms with van der Waals surface area (Å²) in [5.74, 6) is -0.300. The molecule has 0 radical (unpaired) electrons. The molecule has 2 aromatic carbocycles. The Morgan fingerprint density at radius 2 is 1.97 bits per heavy atom. The van der Waals surface area contributed by atoms with Gasteiger partial charge in [-0.15, -0.1) is 13.2 Å². The van der Waals surface area contributed by atoms with Crippen molar-refractivity contribution in [3.63, 3.8) is 0 Å². The number of carbonyl (C=O) groups excluding carboxylic acids is 1. The smallest absolute Gasteiger partial charge is 0.405 e. The van der Waals surface area contributed by atoms with Crippen LogP contribution in [-0.2, 0) is 4.79 Å². The minimum atomic E-state index is -4.81. The lowest BCUT2D eigenvalue weighted by Crippen LogP contribution is -2.42. The Morgan fingerprint density at radius 1 is 1.20 bits per heavy atom.